The zero-order valence-electron chi connectivity index (χ0n) is 18.3. The molecule has 7 nitrogen and oxygen atoms in total. The van der Waals surface area contributed by atoms with Crippen molar-refractivity contribution in [2.24, 2.45) is 0 Å². The molecule has 2 aromatic carbocycles. The van der Waals surface area contributed by atoms with E-state index in [0.717, 1.165) is 62.0 Å². The van der Waals surface area contributed by atoms with Gasteiger partial charge in [-0.05, 0) is 43.0 Å². The largest absolute Gasteiger partial charge is 0.463 e. The average Bonchev–Trinajstić information content (AvgIpc) is 2.84. The quantitative estimate of drug-likeness (QED) is 0.437. The lowest BCUT2D eigenvalue weighted by Crippen LogP contribution is -2.46. The second kappa shape index (κ2) is 9.54. The van der Waals surface area contributed by atoms with E-state index in [1.807, 2.05) is 24.3 Å². The second-order valence-corrected chi connectivity index (χ2v) is 8.28. The third kappa shape index (κ3) is 4.80. The van der Waals surface area contributed by atoms with Crippen LogP contribution in [-0.2, 0) is 0 Å². The number of pyridine rings is 1. The highest BCUT2D eigenvalue weighted by Crippen LogP contribution is 2.29. The van der Waals surface area contributed by atoms with Crippen LogP contribution in [0.25, 0.3) is 21.8 Å². The molecule has 2 aromatic heterocycles. The number of hydrogen-bond acceptors (Lipinski definition) is 6. The standard InChI is InChI=1S/C25H26FN5O2/c26-20-7-3-5-18-6-4-8-21(23(18)20)31-14-12-30(13-15-31)11-1-2-16-33-25-27-17-19-9-10-22(32)28-24(19)29-25/h3-10,17H,1-2,11-16H2,(H,27,28,29,32). The second-order valence-electron chi connectivity index (χ2n) is 8.28. The van der Waals surface area contributed by atoms with Crippen LogP contribution in [0.15, 0.2) is 59.5 Å². The number of ether oxygens (including phenoxy) is 1. The van der Waals surface area contributed by atoms with Gasteiger partial charge in [-0.25, -0.2) is 9.37 Å². The van der Waals surface area contributed by atoms with Gasteiger partial charge in [-0.15, -0.1) is 0 Å². The minimum Gasteiger partial charge on any atom is -0.463 e. The van der Waals surface area contributed by atoms with E-state index in [2.05, 4.69) is 24.8 Å². The van der Waals surface area contributed by atoms with E-state index in [1.165, 1.54) is 12.1 Å². The molecule has 1 aliphatic rings. The monoisotopic (exact) mass is 447 g/mol. The van der Waals surface area contributed by atoms with Crippen molar-refractivity contribution in [2.45, 2.75) is 12.8 Å². The van der Waals surface area contributed by atoms with Crippen molar-refractivity contribution in [1.82, 2.24) is 19.9 Å². The Kier molecular flexibility index (Phi) is 6.17. The number of nitrogens with zero attached hydrogens (tertiary/aromatic N) is 4. The zero-order valence-corrected chi connectivity index (χ0v) is 18.3. The normalized spacial score (nSPS) is 14.8. The molecule has 8 heteroatoms. The van der Waals surface area contributed by atoms with Crippen LogP contribution in [0.4, 0.5) is 10.1 Å². The molecule has 1 aliphatic heterocycles. The summed E-state index contributed by atoms with van der Waals surface area (Å²) < 4.78 is 20.1. The first kappa shape index (κ1) is 21.3. The van der Waals surface area contributed by atoms with Crippen molar-refractivity contribution in [3.05, 3.63) is 70.9 Å². The number of unbranched alkanes of at least 4 members (excludes halogenated alkanes) is 1. The summed E-state index contributed by atoms with van der Waals surface area (Å²) in [5.41, 5.74) is 1.27. The Balaban J connectivity index is 1.08. The number of fused-ring (bicyclic) bond motifs is 2. The molecule has 1 fully saturated rings. The summed E-state index contributed by atoms with van der Waals surface area (Å²) in [4.78, 5) is 27.3. The van der Waals surface area contributed by atoms with Gasteiger partial charge in [0.1, 0.15) is 11.5 Å². The summed E-state index contributed by atoms with van der Waals surface area (Å²) in [6.07, 6.45) is 3.55. The number of aromatic nitrogens is 3. The SMILES string of the molecule is O=c1ccc2cnc(OCCCCN3CCN(c4cccc5cccc(F)c45)CC3)nc2[nH]1. The first-order valence-electron chi connectivity index (χ1n) is 11.3. The fourth-order valence-electron chi connectivity index (χ4n) is 4.34. The molecule has 5 rings (SSSR count). The topological polar surface area (TPSA) is 74.3 Å². The molecule has 1 saturated heterocycles. The zero-order chi connectivity index (χ0) is 22.6. The highest BCUT2D eigenvalue weighted by molar-refractivity contribution is 5.94. The third-order valence-electron chi connectivity index (χ3n) is 6.10. The van der Waals surface area contributed by atoms with Gasteiger partial charge in [0.15, 0.2) is 0 Å². The molecule has 3 heterocycles. The van der Waals surface area contributed by atoms with Crippen molar-refractivity contribution >= 4 is 27.5 Å². The van der Waals surface area contributed by atoms with E-state index in [4.69, 9.17) is 4.74 Å². The maximum absolute atomic E-state index is 14.5. The lowest BCUT2D eigenvalue weighted by molar-refractivity contribution is 0.234. The van der Waals surface area contributed by atoms with Crippen molar-refractivity contribution in [3.63, 3.8) is 0 Å². The fourth-order valence-corrected chi connectivity index (χ4v) is 4.34. The number of nitrogens with one attached hydrogen (secondary N) is 1. The summed E-state index contributed by atoms with van der Waals surface area (Å²) >= 11 is 0. The molecular weight excluding hydrogens is 421 g/mol. The number of benzene rings is 2. The average molecular weight is 448 g/mol. The molecule has 33 heavy (non-hydrogen) atoms. The lowest BCUT2D eigenvalue weighted by Gasteiger charge is -2.36. The number of hydrogen-bond donors (Lipinski definition) is 1. The van der Waals surface area contributed by atoms with Gasteiger partial charge in [-0.2, -0.15) is 4.98 Å². The number of aromatic amines is 1. The van der Waals surface area contributed by atoms with Crippen LogP contribution in [-0.4, -0.2) is 59.2 Å². The van der Waals surface area contributed by atoms with Crippen LogP contribution < -0.4 is 15.2 Å². The third-order valence-corrected chi connectivity index (χ3v) is 6.10. The van der Waals surface area contributed by atoms with Crippen LogP contribution >= 0.6 is 0 Å². The van der Waals surface area contributed by atoms with E-state index in [9.17, 15) is 9.18 Å². The summed E-state index contributed by atoms with van der Waals surface area (Å²) in [6, 6.07) is 14.7. The molecule has 0 bridgehead atoms. The van der Waals surface area contributed by atoms with Crippen LogP contribution in [0.2, 0.25) is 0 Å². The van der Waals surface area contributed by atoms with Gasteiger partial charge >= 0.3 is 6.01 Å². The van der Waals surface area contributed by atoms with Crippen LogP contribution in [0, 0.1) is 5.82 Å². The van der Waals surface area contributed by atoms with E-state index >= 15 is 0 Å². The van der Waals surface area contributed by atoms with Gasteiger partial charge in [0.2, 0.25) is 5.56 Å². The van der Waals surface area contributed by atoms with Gasteiger partial charge in [-0.3, -0.25) is 9.69 Å². The molecule has 0 aliphatic carbocycles. The molecule has 0 spiro atoms. The Morgan fingerprint density at radius 2 is 1.79 bits per heavy atom. The van der Waals surface area contributed by atoms with Gasteiger partial charge in [-0.1, -0.05) is 24.3 Å². The molecule has 1 N–H and O–H groups in total. The molecule has 4 aromatic rings. The highest BCUT2D eigenvalue weighted by atomic mass is 19.1. The molecule has 0 saturated carbocycles. The summed E-state index contributed by atoms with van der Waals surface area (Å²) in [6.45, 7) is 5.19. The Morgan fingerprint density at radius 3 is 2.64 bits per heavy atom. The minimum absolute atomic E-state index is 0.160. The van der Waals surface area contributed by atoms with E-state index in [0.29, 0.717) is 17.6 Å². The number of H-pyrrole nitrogens is 1. The highest BCUT2D eigenvalue weighted by Gasteiger charge is 2.19. The summed E-state index contributed by atoms with van der Waals surface area (Å²) in [7, 11) is 0. The van der Waals surface area contributed by atoms with Gasteiger partial charge < -0.3 is 14.6 Å². The van der Waals surface area contributed by atoms with Crippen molar-refractivity contribution in [1.29, 1.82) is 0 Å². The Hall–Kier alpha value is -3.52. The summed E-state index contributed by atoms with van der Waals surface area (Å²) in [5.74, 6) is -0.160. The van der Waals surface area contributed by atoms with E-state index in [-0.39, 0.29) is 17.4 Å². The molecule has 170 valence electrons. The molecule has 0 atom stereocenters. The Labute approximate surface area is 190 Å². The van der Waals surface area contributed by atoms with Crippen LogP contribution in [0.3, 0.4) is 0 Å². The van der Waals surface area contributed by atoms with Gasteiger partial charge in [0.05, 0.1) is 6.61 Å². The number of rotatable bonds is 7. The number of halogens is 1. The Morgan fingerprint density at radius 1 is 0.970 bits per heavy atom. The van der Waals surface area contributed by atoms with E-state index in [1.54, 1.807) is 18.3 Å². The smallest absolute Gasteiger partial charge is 0.318 e. The van der Waals surface area contributed by atoms with Crippen molar-refractivity contribution < 1.29 is 9.13 Å². The first-order chi connectivity index (χ1) is 16.2. The molecule has 0 amide bonds. The predicted octanol–water partition coefficient (Wildman–Crippen LogP) is 3.59. The van der Waals surface area contributed by atoms with Crippen molar-refractivity contribution in [2.75, 3.05) is 44.2 Å². The maximum atomic E-state index is 14.5. The lowest BCUT2D eigenvalue weighted by atomic mass is 10.1. The van der Waals surface area contributed by atoms with Crippen LogP contribution in [0.1, 0.15) is 12.8 Å². The van der Waals surface area contributed by atoms with E-state index < -0.39 is 0 Å². The van der Waals surface area contributed by atoms with Crippen LogP contribution in [0.5, 0.6) is 6.01 Å². The Bertz CT molecular complexity index is 1310. The van der Waals surface area contributed by atoms with Gasteiger partial charge in [0, 0.05) is 54.9 Å². The number of piperazine rings is 1. The minimum atomic E-state index is -0.196. The molecule has 0 unspecified atom stereocenters. The van der Waals surface area contributed by atoms with Gasteiger partial charge in [0.25, 0.3) is 0 Å². The van der Waals surface area contributed by atoms with Crippen molar-refractivity contribution in [3.8, 4) is 6.01 Å². The summed E-state index contributed by atoms with van der Waals surface area (Å²) in [5, 5.41) is 2.43. The predicted molar refractivity (Wildman–Crippen MR) is 127 cm³/mol. The first-order valence-corrected chi connectivity index (χ1v) is 11.3. The molecule has 0 radical (unpaired) electrons. The maximum Gasteiger partial charge on any atom is 0.318 e. The fraction of sp³-hybridized carbons (Fsp3) is 0.320. The number of anilines is 1. The molecular formula is C25H26FN5O2.